The predicted octanol–water partition coefficient (Wildman–Crippen LogP) is 2.93. The smallest absolute Gasteiger partial charge is 0.358 e. The van der Waals surface area contributed by atoms with E-state index >= 15 is 0 Å². The van der Waals surface area contributed by atoms with Crippen LogP contribution in [0, 0.1) is 10.1 Å². The Hall–Kier alpha value is -2.37. The number of hydrogen-bond acceptors (Lipinski definition) is 4. The first-order valence-electron chi connectivity index (χ1n) is 7.63. The molecule has 1 aromatic heterocycles. The summed E-state index contributed by atoms with van der Waals surface area (Å²) in [6, 6.07) is 10.7. The molecule has 1 aliphatic rings. The molecule has 1 atom stereocenters. The fraction of sp³-hybridized carbons (Fsp3) is 0.438. The van der Waals surface area contributed by atoms with E-state index in [1.807, 2.05) is 25.2 Å². The molecule has 1 saturated heterocycles. The van der Waals surface area contributed by atoms with E-state index < -0.39 is 0 Å². The van der Waals surface area contributed by atoms with Gasteiger partial charge >= 0.3 is 5.82 Å². The first-order chi connectivity index (χ1) is 10.7. The van der Waals surface area contributed by atoms with Crippen molar-refractivity contribution in [2.45, 2.75) is 31.7 Å². The fourth-order valence-corrected chi connectivity index (χ4v) is 3.26. The molecule has 1 aromatic carbocycles. The summed E-state index contributed by atoms with van der Waals surface area (Å²) in [6.07, 6.45) is 5.68. The zero-order valence-electron chi connectivity index (χ0n) is 12.7. The van der Waals surface area contributed by atoms with E-state index in [0.717, 1.165) is 32.2 Å². The number of nitro groups is 1. The van der Waals surface area contributed by atoms with Crippen molar-refractivity contribution in [3.8, 4) is 0 Å². The molecule has 2 aromatic rings. The van der Waals surface area contributed by atoms with E-state index in [-0.39, 0.29) is 10.7 Å². The molecule has 0 bridgehead atoms. The Morgan fingerprint density at radius 2 is 2.14 bits per heavy atom. The molecule has 0 radical (unpaired) electrons. The lowest BCUT2D eigenvalue weighted by atomic mass is 10.0. The molecule has 0 spiro atoms. The Balaban J connectivity index is 1.76. The van der Waals surface area contributed by atoms with Crippen LogP contribution in [0.5, 0.6) is 0 Å². The van der Waals surface area contributed by atoms with Gasteiger partial charge in [0.15, 0.2) is 0 Å². The molecule has 1 aliphatic heterocycles. The van der Waals surface area contributed by atoms with Crippen molar-refractivity contribution in [2.24, 2.45) is 7.05 Å². The van der Waals surface area contributed by atoms with Crippen LogP contribution in [0.2, 0.25) is 0 Å². The minimum absolute atomic E-state index is 0.0332. The van der Waals surface area contributed by atoms with E-state index in [4.69, 9.17) is 0 Å². The molecule has 0 aliphatic carbocycles. The first-order valence-corrected chi connectivity index (χ1v) is 7.63. The van der Waals surface area contributed by atoms with Gasteiger partial charge in [-0.25, -0.2) is 0 Å². The van der Waals surface area contributed by atoms with Crippen LogP contribution in [0.15, 0.2) is 36.7 Å². The maximum absolute atomic E-state index is 11.2. The van der Waals surface area contributed by atoms with Gasteiger partial charge in [0.2, 0.25) is 12.1 Å². The first kappa shape index (κ1) is 14.6. The highest BCUT2D eigenvalue weighted by molar-refractivity contribution is 5.56. The van der Waals surface area contributed by atoms with Gasteiger partial charge in [-0.1, -0.05) is 30.3 Å². The SMILES string of the molecule is Cn1cnc([N+](=O)[O-])c1N1CCC[C@@H]1CCc1ccccc1. The van der Waals surface area contributed by atoms with Gasteiger partial charge in [0.05, 0.1) is 0 Å². The lowest BCUT2D eigenvalue weighted by molar-refractivity contribution is -0.388. The average molecular weight is 300 g/mol. The Bertz CT molecular complexity index is 653. The van der Waals surface area contributed by atoms with Crippen molar-refractivity contribution in [1.29, 1.82) is 0 Å². The van der Waals surface area contributed by atoms with Crippen LogP contribution >= 0.6 is 0 Å². The summed E-state index contributed by atoms with van der Waals surface area (Å²) in [4.78, 5) is 16.9. The monoisotopic (exact) mass is 300 g/mol. The normalized spacial score (nSPS) is 17.9. The van der Waals surface area contributed by atoms with Crippen LogP contribution in [0.1, 0.15) is 24.8 Å². The highest BCUT2D eigenvalue weighted by atomic mass is 16.6. The van der Waals surface area contributed by atoms with E-state index in [1.165, 1.54) is 11.9 Å². The minimum Gasteiger partial charge on any atom is -0.358 e. The molecule has 0 amide bonds. The number of anilines is 1. The number of imidazole rings is 1. The summed E-state index contributed by atoms with van der Waals surface area (Å²) in [6.45, 7) is 0.861. The largest absolute Gasteiger partial charge is 0.406 e. The Kier molecular flexibility index (Phi) is 4.09. The second-order valence-corrected chi connectivity index (χ2v) is 5.77. The van der Waals surface area contributed by atoms with Crippen LogP contribution in [-0.4, -0.2) is 27.1 Å². The van der Waals surface area contributed by atoms with Crippen molar-refractivity contribution < 1.29 is 4.92 Å². The van der Waals surface area contributed by atoms with Crippen LogP contribution in [0.4, 0.5) is 11.6 Å². The third-order valence-corrected chi connectivity index (χ3v) is 4.32. The number of aryl methyl sites for hydroxylation is 2. The molecule has 0 saturated carbocycles. The molecular formula is C16H20N4O2. The quantitative estimate of drug-likeness (QED) is 0.629. The Morgan fingerprint density at radius 1 is 1.36 bits per heavy atom. The second-order valence-electron chi connectivity index (χ2n) is 5.77. The van der Waals surface area contributed by atoms with E-state index in [0.29, 0.717) is 11.9 Å². The predicted molar refractivity (Wildman–Crippen MR) is 85.0 cm³/mol. The standard InChI is InChI=1S/C16H20N4O2/c1-18-12-17-15(20(21)22)16(18)19-11-5-8-14(19)10-9-13-6-3-2-4-7-13/h2-4,6-7,12,14H,5,8-11H2,1H3/t14-/m1/s1. The van der Waals surface area contributed by atoms with Gasteiger partial charge in [0, 0.05) is 19.6 Å². The number of benzene rings is 1. The van der Waals surface area contributed by atoms with E-state index in [9.17, 15) is 10.1 Å². The molecule has 2 heterocycles. The van der Waals surface area contributed by atoms with Gasteiger partial charge in [-0.2, -0.15) is 0 Å². The van der Waals surface area contributed by atoms with Crippen molar-refractivity contribution in [3.05, 3.63) is 52.3 Å². The Morgan fingerprint density at radius 3 is 2.86 bits per heavy atom. The van der Waals surface area contributed by atoms with Crippen LogP contribution in [0.25, 0.3) is 0 Å². The summed E-state index contributed by atoms with van der Waals surface area (Å²) in [5.74, 6) is 0.606. The third-order valence-electron chi connectivity index (χ3n) is 4.32. The summed E-state index contributed by atoms with van der Waals surface area (Å²) < 4.78 is 1.76. The van der Waals surface area contributed by atoms with Crippen LogP contribution < -0.4 is 4.90 Å². The lowest BCUT2D eigenvalue weighted by Crippen LogP contribution is -2.31. The summed E-state index contributed by atoms with van der Waals surface area (Å²) in [5, 5.41) is 11.2. The molecule has 116 valence electrons. The van der Waals surface area contributed by atoms with Crippen molar-refractivity contribution in [2.75, 3.05) is 11.4 Å². The van der Waals surface area contributed by atoms with Crippen molar-refractivity contribution in [1.82, 2.24) is 9.55 Å². The number of rotatable bonds is 5. The minimum atomic E-state index is -0.387. The zero-order chi connectivity index (χ0) is 15.5. The summed E-state index contributed by atoms with van der Waals surface area (Å²) >= 11 is 0. The van der Waals surface area contributed by atoms with Gasteiger partial charge in [-0.3, -0.25) is 4.57 Å². The van der Waals surface area contributed by atoms with E-state index in [1.54, 1.807) is 4.57 Å². The van der Waals surface area contributed by atoms with Gasteiger partial charge < -0.3 is 15.0 Å². The maximum atomic E-state index is 11.2. The number of nitrogens with zero attached hydrogens (tertiary/aromatic N) is 4. The molecular weight excluding hydrogens is 280 g/mol. The molecule has 6 nitrogen and oxygen atoms in total. The van der Waals surface area contributed by atoms with Crippen LogP contribution in [-0.2, 0) is 13.5 Å². The average Bonchev–Trinajstić information content (AvgIpc) is 3.12. The van der Waals surface area contributed by atoms with Crippen molar-refractivity contribution >= 4 is 11.6 Å². The highest BCUT2D eigenvalue weighted by Gasteiger charge is 2.33. The fourth-order valence-electron chi connectivity index (χ4n) is 3.26. The van der Waals surface area contributed by atoms with Gasteiger partial charge in [0.1, 0.15) is 0 Å². The van der Waals surface area contributed by atoms with Crippen molar-refractivity contribution in [3.63, 3.8) is 0 Å². The number of aromatic nitrogens is 2. The summed E-state index contributed by atoms with van der Waals surface area (Å²) in [5.41, 5.74) is 1.31. The molecule has 0 N–H and O–H groups in total. The zero-order valence-corrected chi connectivity index (χ0v) is 12.7. The van der Waals surface area contributed by atoms with Crippen LogP contribution in [0.3, 0.4) is 0 Å². The molecule has 22 heavy (non-hydrogen) atoms. The Labute approximate surface area is 129 Å². The van der Waals surface area contributed by atoms with Gasteiger partial charge in [0.25, 0.3) is 0 Å². The van der Waals surface area contributed by atoms with Gasteiger partial charge in [-0.05, 0) is 41.2 Å². The molecule has 0 unspecified atom stereocenters. The second kappa shape index (κ2) is 6.17. The molecule has 6 heteroatoms. The van der Waals surface area contributed by atoms with Gasteiger partial charge in [-0.15, -0.1) is 0 Å². The highest BCUT2D eigenvalue weighted by Crippen LogP contribution is 2.33. The summed E-state index contributed by atoms with van der Waals surface area (Å²) in [7, 11) is 1.82. The third kappa shape index (κ3) is 2.81. The lowest BCUT2D eigenvalue weighted by Gasteiger charge is -2.25. The van der Waals surface area contributed by atoms with E-state index in [2.05, 4.69) is 22.0 Å². The topological polar surface area (TPSA) is 64.2 Å². The number of hydrogen-bond donors (Lipinski definition) is 0. The molecule has 1 fully saturated rings. The molecule has 3 rings (SSSR count). The maximum Gasteiger partial charge on any atom is 0.406 e.